The molecule has 86 valence electrons. The number of Topliss-reactive ketones (excluding diaryl/α,β-unsaturated/α-hetero) is 1. The summed E-state index contributed by atoms with van der Waals surface area (Å²) in [6.07, 6.45) is 8.53. The van der Waals surface area contributed by atoms with Crippen LogP contribution >= 0.6 is 11.9 Å². The Bertz CT molecular complexity index is 238. The van der Waals surface area contributed by atoms with E-state index >= 15 is 0 Å². The summed E-state index contributed by atoms with van der Waals surface area (Å²) in [5, 5.41) is 0.0695. The van der Waals surface area contributed by atoms with Crippen LogP contribution in [-0.2, 0) is 4.79 Å². The van der Waals surface area contributed by atoms with E-state index in [1.807, 2.05) is 6.92 Å². The van der Waals surface area contributed by atoms with Crippen LogP contribution in [0.2, 0.25) is 0 Å². The Morgan fingerprint density at radius 2 is 1.87 bits per heavy atom. The van der Waals surface area contributed by atoms with Gasteiger partial charge in [-0.25, -0.2) is 4.40 Å². The highest BCUT2D eigenvalue weighted by Crippen LogP contribution is 2.23. The second-order valence-electron chi connectivity index (χ2n) is 4.17. The number of unbranched alkanes of at least 4 members (excludes halogenated alkanes) is 5. The largest absolute Gasteiger partial charge is 0.291 e. The van der Waals surface area contributed by atoms with Crippen LogP contribution in [0.4, 0.5) is 0 Å². The van der Waals surface area contributed by atoms with Crippen LogP contribution < -0.4 is 0 Å². The van der Waals surface area contributed by atoms with Crippen molar-refractivity contribution in [3.63, 3.8) is 0 Å². The summed E-state index contributed by atoms with van der Waals surface area (Å²) in [4.78, 5) is 11.5. The van der Waals surface area contributed by atoms with Crippen LogP contribution in [0.5, 0.6) is 0 Å². The predicted octanol–water partition coefficient (Wildman–Crippen LogP) is 3.80. The maximum atomic E-state index is 11.5. The molecule has 0 aromatic rings. The fourth-order valence-electron chi connectivity index (χ4n) is 1.71. The summed E-state index contributed by atoms with van der Waals surface area (Å²) in [7, 11) is 0. The maximum absolute atomic E-state index is 11.5. The van der Waals surface area contributed by atoms with Crippen molar-refractivity contribution in [3.8, 4) is 0 Å². The van der Waals surface area contributed by atoms with E-state index in [2.05, 4.69) is 11.3 Å². The number of rotatable bonds is 7. The molecule has 0 radical (unpaired) electrons. The van der Waals surface area contributed by atoms with Gasteiger partial charge in [-0.05, 0) is 31.7 Å². The molecule has 1 heterocycles. The molecule has 3 heteroatoms. The minimum atomic E-state index is 0.0695. The number of hydrogen-bond acceptors (Lipinski definition) is 3. The minimum absolute atomic E-state index is 0.0695. The monoisotopic (exact) mass is 227 g/mol. The van der Waals surface area contributed by atoms with E-state index in [4.69, 9.17) is 0 Å². The summed E-state index contributed by atoms with van der Waals surface area (Å²) >= 11 is 1.42. The highest BCUT2D eigenvalue weighted by molar-refractivity contribution is 8.00. The normalized spacial score (nSPS) is 20.8. The highest BCUT2D eigenvalue weighted by Gasteiger charge is 2.25. The number of carbonyl (C=O) groups is 1. The molecule has 0 aliphatic carbocycles. The summed E-state index contributed by atoms with van der Waals surface area (Å²) in [6, 6.07) is 0. The van der Waals surface area contributed by atoms with Gasteiger partial charge in [0.2, 0.25) is 0 Å². The summed E-state index contributed by atoms with van der Waals surface area (Å²) < 4.78 is 4.22. The van der Waals surface area contributed by atoms with Crippen molar-refractivity contribution in [2.45, 2.75) is 64.0 Å². The van der Waals surface area contributed by atoms with Gasteiger partial charge in [0.05, 0.1) is 11.0 Å². The smallest absolute Gasteiger partial charge is 0.192 e. The van der Waals surface area contributed by atoms with Crippen molar-refractivity contribution in [1.82, 2.24) is 0 Å². The van der Waals surface area contributed by atoms with E-state index in [0.717, 1.165) is 18.6 Å². The van der Waals surface area contributed by atoms with Gasteiger partial charge in [0, 0.05) is 0 Å². The fourth-order valence-corrected chi connectivity index (χ4v) is 2.41. The van der Waals surface area contributed by atoms with E-state index in [1.165, 1.54) is 44.1 Å². The Kier molecular flexibility index (Phi) is 5.99. The molecule has 2 nitrogen and oxygen atoms in total. The Morgan fingerprint density at radius 1 is 1.20 bits per heavy atom. The molecule has 0 aromatic heterocycles. The number of ketones is 1. The standard InChI is InChI=1S/C12H21NOS/c1-3-4-5-6-7-8-9-11-12(14)10(2)15-13-11/h10H,3-9H2,1-2H3. The Morgan fingerprint density at radius 3 is 2.47 bits per heavy atom. The molecule has 0 saturated carbocycles. The van der Waals surface area contributed by atoms with Gasteiger partial charge >= 0.3 is 0 Å². The summed E-state index contributed by atoms with van der Waals surface area (Å²) in [5.74, 6) is 0.258. The second kappa shape index (κ2) is 7.04. The van der Waals surface area contributed by atoms with Crippen molar-refractivity contribution in [3.05, 3.63) is 0 Å². The molecule has 0 fully saturated rings. The van der Waals surface area contributed by atoms with Crippen LogP contribution in [0.1, 0.15) is 58.8 Å². The summed E-state index contributed by atoms with van der Waals surface area (Å²) in [6.45, 7) is 4.16. The van der Waals surface area contributed by atoms with Gasteiger partial charge in [0.25, 0.3) is 0 Å². The first-order chi connectivity index (χ1) is 7.25. The third-order valence-electron chi connectivity index (χ3n) is 2.74. The average Bonchev–Trinajstić information content (AvgIpc) is 2.54. The number of nitrogens with zero attached hydrogens (tertiary/aromatic N) is 1. The maximum Gasteiger partial charge on any atom is 0.192 e. The molecule has 15 heavy (non-hydrogen) atoms. The first-order valence-electron chi connectivity index (χ1n) is 6.02. The lowest BCUT2D eigenvalue weighted by molar-refractivity contribution is -0.112. The Balaban J connectivity index is 2.03. The molecule has 0 spiro atoms. The van der Waals surface area contributed by atoms with Gasteiger partial charge in [0.15, 0.2) is 5.78 Å². The lowest BCUT2D eigenvalue weighted by atomic mass is 10.0. The van der Waals surface area contributed by atoms with Gasteiger partial charge in [-0.2, -0.15) is 0 Å². The zero-order chi connectivity index (χ0) is 11.1. The van der Waals surface area contributed by atoms with Crippen LogP contribution in [-0.4, -0.2) is 16.7 Å². The molecule has 0 N–H and O–H groups in total. The number of carbonyl (C=O) groups excluding carboxylic acids is 1. The van der Waals surface area contributed by atoms with E-state index in [0.29, 0.717) is 0 Å². The van der Waals surface area contributed by atoms with E-state index in [9.17, 15) is 4.79 Å². The molecule has 1 unspecified atom stereocenters. The molecule has 1 aliphatic rings. The van der Waals surface area contributed by atoms with Crippen LogP contribution in [0, 0.1) is 0 Å². The van der Waals surface area contributed by atoms with Gasteiger partial charge in [-0.1, -0.05) is 39.0 Å². The Labute approximate surface area is 97.1 Å². The minimum Gasteiger partial charge on any atom is -0.291 e. The van der Waals surface area contributed by atoms with Crippen molar-refractivity contribution in [1.29, 1.82) is 0 Å². The highest BCUT2D eigenvalue weighted by atomic mass is 32.2. The molecule has 0 amide bonds. The zero-order valence-electron chi connectivity index (χ0n) is 9.79. The molecular weight excluding hydrogens is 206 g/mol. The van der Waals surface area contributed by atoms with Crippen LogP contribution in [0.15, 0.2) is 4.40 Å². The number of hydrogen-bond donors (Lipinski definition) is 0. The Hall–Kier alpha value is -0.310. The molecule has 1 atom stereocenters. The van der Waals surface area contributed by atoms with E-state index < -0.39 is 0 Å². The van der Waals surface area contributed by atoms with Gasteiger partial charge in [-0.3, -0.25) is 4.79 Å². The van der Waals surface area contributed by atoms with Crippen LogP contribution in [0.3, 0.4) is 0 Å². The first-order valence-corrected chi connectivity index (χ1v) is 6.86. The quantitative estimate of drug-likeness (QED) is 0.489. The SMILES string of the molecule is CCCCCCCCC1=NSC(C)C1=O. The zero-order valence-corrected chi connectivity index (χ0v) is 10.6. The van der Waals surface area contributed by atoms with E-state index in [1.54, 1.807) is 0 Å². The third kappa shape index (κ3) is 4.37. The predicted molar refractivity (Wildman–Crippen MR) is 67.5 cm³/mol. The molecular formula is C12H21NOS. The molecule has 1 rings (SSSR count). The van der Waals surface area contributed by atoms with Gasteiger partial charge < -0.3 is 0 Å². The first kappa shape index (κ1) is 12.8. The average molecular weight is 227 g/mol. The van der Waals surface area contributed by atoms with Crippen molar-refractivity contribution < 1.29 is 4.79 Å². The molecule has 0 saturated heterocycles. The fraction of sp³-hybridized carbons (Fsp3) is 0.833. The van der Waals surface area contributed by atoms with Gasteiger partial charge in [-0.15, -0.1) is 0 Å². The van der Waals surface area contributed by atoms with Crippen molar-refractivity contribution in [2.75, 3.05) is 0 Å². The molecule has 0 aromatic carbocycles. The third-order valence-corrected chi connectivity index (χ3v) is 3.60. The topological polar surface area (TPSA) is 29.4 Å². The lowest BCUT2D eigenvalue weighted by Gasteiger charge is -2.00. The van der Waals surface area contributed by atoms with Gasteiger partial charge in [0.1, 0.15) is 0 Å². The van der Waals surface area contributed by atoms with Crippen molar-refractivity contribution >= 4 is 23.4 Å². The molecule has 1 aliphatic heterocycles. The lowest BCUT2D eigenvalue weighted by Crippen LogP contribution is -2.17. The van der Waals surface area contributed by atoms with E-state index in [-0.39, 0.29) is 11.0 Å². The summed E-state index contributed by atoms with van der Waals surface area (Å²) in [5.41, 5.74) is 0.822. The molecule has 0 bridgehead atoms. The van der Waals surface area contributed by atoms with Crippen molar-refractivity contribution in [2.24, 2.45) is 4.40 Å². The van der Waals surface area contributed by atoms with Crippen LogP contribution in [0.25, 0.3) is 0 Å². The second-order valence-corrected chi connectivity index (χ2v) is 5.27.